The Bertz CT molecular complexity index is 986. The zero-order valence-electron chi connectivity index (χ0n) is 14.3. The highest BCUT2D eigenvalue weighted by atomic mass is 16.2. The quantitative estimate of drug-likeness (QED) is 0.761. The molecule has 26 heavy (non-hydrogen) atoms. The van der Waals surface area contributed by atoms with Crippen molar-refractivity contribution in [3.63, 3.8) is 0 Å². The molecular formula is C19H19N5O2. The summed E-state index contributed by atoms with van der Waals surface area (Å²) < 4.78 is 0. The number of aromatic nitrogens is 3. The lowest BCUT2D eigenvalue weighted by Crippen LogP contribution is -2.36. The van der Waals surface area contributed by atoms with Crippen molar-refractivity contribution in [2.45, 2.75) is 6.42 Å². The molecule has 0 atom stereocenters. The number of para-hydroxylation sites is 1. The lowest BCUT2D eigenvalue weighted by atomic mass is 10.2. The summed E-state index contributed by atoms with van der Waals surface area (Å²) in [6.07, 6.45) is 4.07. The van der Waals surface area contributed by atoms with Crippen molar-refractivity contribution in [3.8, 4) is 0 Å². The first-order valence-electron chi connectivity index (χ1n) is 8.66. The van der Waals surface area contributed by atoms with Crippen LogP contribution in [0.15, 0.2) is 53.6 Å². The van der Waals surface area contributed by atoms with Gasteiger partial charge in [0.1, 0.15) is 0 Å². The van der Waals surface area contributed by atoms with Crippen LogP contribution in [0.3, 0.4) is 0 Å². The van der Waals surface area contributed by atoms with Crippen LogP contribution in [0.5, 0.6) is 0 Å². The van der Waals surface area contributed by atoms with Crippen LogP contribution in [0.2, 0.25) is 0 Å². The molecule has 0 radical (unpaired) electrons. The number of amides is 1. The minimum absolute atomic E-state index is 0.00853. The van der Waals surface area contributed by atoms with Gasteiger partial charge in [0.05, 0.1) is 10.9 Å². The first-order chi connectivity index (χ1) is 12.7. The number of pyridine rings is 1. The van der Waals surface area contributed by atoms with Gasteiger partial charge in [0.25, 0.3) is 11.5 Å². The third-order valence-corrected chi connectivity index (χ3v) is 4.61. The molecule has 7 nitrogen and oxygen atoms in total. The van der Waals surface area contributed by atoms with E-state index in [-0.39, 0.29) is 11.5 Å². The Morgan fingerprint density at radius 3 is 2.65 bits per heavy atom. The first-order valence-corrected chi connectivity index (χ1v) is 8.66. The number of carbonyl (C=O) groups excluding carboxylic acids is 1. The van der Waals surface area contributed by atoms with E-state index in [1.54, 1.807) is 30.6 Å². The van der Waals surface area contributed by atoms with Gasteiger partial charge in [-0.3, -0.25) is 19.6 Å². The summed E-state index contributed by atoms with van der Waals surface area (Å²) >= 11 is 0. The number of hydrogen-bond acceptors (Lipinski definition) is 5. The van der Waals surface area contributed by atoms with Crippen molar-refractivity contribution in [3.05, 3.63) is 64.7 Å². The van der Waals surface area contributed by atoms with Crippen molar-refractivity contribution in [1.29, 1.82) is 0 Å². The van der Waals surface area contributed by atoms with E-state index < -0.39 is 0 Å². The molecule has 3 heterocycles. The predicted molar refractivity (Wildman–Crippen MR) is 99.3 cm³/mol. The summed E-state index contributed by atoms with van der Waals surface area (Å²) in [4.78, 5) is 40.2. The molecule has 0 saturated carbocycles. The van der Waals surface area contributed by atoms with Crippen LogP contribution < -0.4 is 10.5 Å². The Hall–Kier alpha value is -3.22. The molecule has 0 unspecified atom stereocenters. The lowest BCUT2D eigenvalue weighted by Gasteiger charge is -2.22. The molecule has 1 aliphatic rings. The summed E-state index contributed by atoms with van der Waals surface area (Å²) in [6, 6.07) is 10.8. The average Bonchev–Trinajstić information content (AvgIpc) is 2.94. The summed E-state index contributed by atoms with van der Waals surface area (Å²) in [7, 11) is 0. The number of anilines is 1. The summed E-state index contributed by atoms with van der Waals surface area (Å²) in [5.41, 5.74) is 1.19. The van der Waals surface area contributed by atoms with E-state index >= 15 is 0 Å². The highest BCUT2D eigenvalue weighted by Crippen LogP contribution is 2.15. The lowest BCUT2D eigenvalue weighted by molar-refractivity contribution is 0.0767. The third-order valence-electron chi connectivity index (χ3n) is 4.61. The maximum atomic E-state index is 12.6. The van der Waals surface area contributed by atoms with E-state index in [1.165, 1.54) is 0 Å². The van der Waals surface area contributed by atoms with Crippen LogP contribution in [0, 0.1) is 0 Å². The van der Waals surface area contributed by atoms with Crippen LogP contribution in [-0.2, 0) is 0 Å². The van der Waals surface area contributed by atoms with Gasteiger partial charge in [-0.25, -0.2) is 4.98 Å². The summed E-state index contributed by atoms with van der Waals surface area (Å²) in [5, 5.41) is 0.584. The van der Waals surface area contributed by atoms with Crippen molar-refractivity contribution >= 4 is 22.8 Å². The van der Waals surface area contributed by atoms with Crippen LogP contribution >= 0.6 is 0 Å². The Labute approximate surface area is 150 Å². The normalized spacial score (nSPS) is 15.1. The molecule has 132 valence electrons. The number of nitrogens with one attached hydrogen (secondary N) is 1. The number of benzene rings is 1. The maximum absolute atomic E-state index is 12.6. The standard InChI is InChI=1S/C19H19N5O2/c25-17-15-4-1-2-5-16(15)21-19(22-17)24-11-3-10-23(12-13-24)18(26)14-6-8-20-9-7-14/h1-2,4-9H,3,10-13H2,(H,21,22,25). The molecule has 1 aromatic carbocycles. The SMILES string of the molecule is O=C(c1ccncc1)N1CCCN(c2nc3ccccc3c(=O)[nH]2)CC1. The number of carbonyl (C=O) groups is 1. The van der Waals surface area contributed by atoms with Gasteiger partial charge in [0.2, 0.25) is 5.95 Å². The molecule has 1 aliphatic heterocycles. The van der Waals surface area contributed by atoms with Crippen LogP contribution in [-0.4, -0.2) is 51.9 Å². The second-order valence-corrected chi connectivity index (χ2v) is 6.28. The van der Waals surface area contributed by atoms with E-state index in [0.29, 0.717) is 42.0 Å². The Kier molecular flexibility index (Phi) is 4.35. The fourth-order valence-electron chi connectivity index (χ4n) is 3.23. The molecule has 7 heteroatoms. The van der Waals surface area contributed by atoms with Gasteiger partial charge in [-0.15, -0.1) is 0 Å². The average molecular weight is 349 g/mol. The molecule has 0 aliphatic carbocycles. The number of aromatic amines is 1. The minimum Gasteiger partial charge on any atom is -0.340 e. The molecule has 4 rings (SSSR count). The fourth-order valence-corrected chi connectivity index (χ4v) is 3.23. The van der Waals surface area contributed by atoms with Crippen molar-refractivity contribution < 1.29 is 4.79 Å². The molecule has 1 amide bonds. The predicted octanol–water partition coefficient (Wildman–Crippen LogP) is 1.67. The first kappa shape index (κ1) is 16.3. The molecule has 2 aromatic heterocycles. The van der Waals surface area contributed by atoms with Crippen LogP contribution in [0.25, 0.3) is 10.9 Å². The zero-order valence-corrected chi connectivity index (χ0v) is 14.3. The monoisotopic (exact) mass is 349 g/mol. The van der Waals surface area contributed by atoms with Gasteiger partial charge in [-0.05, 0) is 30.7 Å². The molecule has 1 saturated heterocycles. The number of rotatable bonds is 2. The highest BCUT2D eigenvalue weighted by molar-refractivity contribution is 5.94. The van der Waals surface area contributed by atoms with Crippen molar-refractivity contribution in [2.75, 3.05) is 31.1 Å². The smallest absolute Gasteiger partial charge is 0.260 e. The zero-order chi connectivity index (χ0) is 17.9. The number of H-pyrrole nitrogens is 1. The molecule has 0 bridgehead atoms. The van der Waals surface area contributed by atoms with Gasteiger partial charge in [-0.2, -0.15) is 0 Å². The van der Waals surface area contributed by atoms with E-state index in [9.17, 15) is 9.59 Å². The highest BCUT2D eigenvalue weighted by Gasteiger charge is 2.21. The van der Waals surface area contributed by atoms with Gasteiger partial charge in [-0.1, -0.05) is 12.1 Å². The fraction of sp³-hybridized carbons (Fsp3) is 0.263. The molecule has 3 aromatic rings. The van der Waals surface area contributed by atoms with Crippen molar-refractivity contribution in [1.82, 2.24) is 19.9 Å². The van der Waals surface area contributed by atoms with Gasteiger partial charge >= 0.3 is 0 Å². The van der Waals surface area contributed by atoms with E-state index in [1.807, 2.05) is 28.0 Å². The van der Waals surface area contributed by atoms with E-state index in [4.69, 9.17) is 0 Å². The van der Waals surface area contributed by atoms with Crippen LogP contribution in [0.1, 0.15) is 16.8 Å². The molecule has 0 spiro atoms. The minimum atomic E-state index is -0.139. The molecule has 1 N–H and O–H groups in total. The largest absolute Gasteiger partial charge is 0.340 e. The Morgan fingerprint density at radius 1 is 1.00 bits per heavy atom. The van der Waals surface area contributed by atoms with Gasteiger partial charge in [0.15, 0.2) is 0 Å². The van der Waals surface area contributed by atoms with Gasteiger partial charge in [0, 0.05) is 44.1 Å². The van der Waals surface area contributed by atoms with Gasteiger partial charge < -0.3 is 9.80 Å². The molecule has 1 fully saturated rings. The third kappa shape index (κ3) is 3.15. The topological polar surface area (TPSA) is 82.2 Å². The van der Waals surface area contributed by atoms with Crippen LogP contribution in [0.4, 0.5) is 5.95 Å². The maximum Gasteiger partial charge on any atom is 0.260 e. The second kappa shape index (κ2) is 6.95. The second-order valence-electron chi connectivity index (χ2n) is 6.28. The van der Waals surface area contributed by atoms with E-state index in [0.717, 1.165) is 13.0 Å². The number of hydrogen-bond donors (Lipinski definition) is 1. The Balaban J connectivity index is 1.54. The summed E-state index contributed by atoms with van der Waals surface area (Å²) in [6.45, 7) is 2.62. The number of fused-ring (bicyclic) bond motifs is 1. The molecular weight excluding hydrogens is 330 g/mol. The Morgan fingerprint density at radius 2 is 1.81 bits per heavy atom. The number of nitrogens with zero attached hydrogens (tertiary/aromatic N) is 4. The van der Waals surface area contributed by atoms with E-state index in [2.05, 4.69) is 15.0 Å². The van der Waals surface area contributed by atoms with Crippen molar-refractivity contribution in [2.24, 2.45) is 0 Å². The summed E-state index contributed by atoms with van der Waals surface area (Å²) in [5.74, 6) is 0.570.